The van der Waals surface area contributed by atoms with E-state index in [2.05, 4.69) is 14.9 Å². The maximum Gasteiger partial charge on any atom is 0.407 e. The summed E-state index contributed by atoms with van der Waals surface area (Å²) < 4.78 is 0. The van der Waals surface area contributed by atoms with Gasteiger partial charge in [0.05, 0.1) is 0 Å². The second-order valence-electron chi connectivity index (χ2n) is 6.27. The molecule has 3 heterocycles. The minimum Gasteiger partial charge on any atom is -0.465 e. The highest BCUT2D eigenvalue weighted by Gasteiger charge is 2.29. The van der Waals surface area contributed by atoms with Gasteiger partial charge in [-0.15, -0.1) is 0 Å². The van der Waals surface area contributed by atoms with Crippen molar-refractivity contribution in [2.45, 2.75) is 44.1 Å². The average Bonchev–Trinajstić information content (AvgIpc) is 2.82. The third kappa shape index (κ3) is 3.55. The first-order valence-electron chi connectivity index (χ1n) is 8.23. The molecular weight excluding hydrogens is 280 g/mol. The molecule has 1 aromatic heterocycles. The SMILES string of the molecule is O=C(O)N1CCCC(N2CCC(c3ncccn3)CC2)CC1. The molecule has 2 aliphatic rings. The molecule has 0 saturated carbocycles. The van der Waals surface area contributed by atoms with E-state index >= 15 is 0 Å². The summed E-state index contributed by atoms with van der Waals surface area (Å²) >= 11 is 0. The fourth-order valence-electron chi connectivity index (χ4n) is 3.68. The molecule has 2 saturated heterocycles. The van der Waals surface area contributed by atoms with Crippen molar-refractivity contribution in [1.29, 1.82) is 0 Å². The highest BCUT2D eigenvalue weighted by atomic mass is 16.4. The van der Waals surface area contributed by atoms with Crippen molar-refractivity contribution in [2.24, 2.45) is 0 Å². The summed E-state index contributed by atoms with van der Waals surface area (Å²) in [5.74, 6) is 1.44. The first-order valence-corrected chi connectivity index (χ1v) is 8.23. The van der Waals surface area contributed by atoms with Crippen LogP contribution in [0.3, 0.4) is 0 Å². The van der Waals surface area contributed by atoms with E-state index in [0.29, 0.717) is 25.0 Å². The number of carbonyl (C=O) groups is 1. The number of hydrogen-bond donors (Lipinski definition) is 1. The molecule has 1 unspecified atom stereocenters. The molecule has 0 bridgehead atoms. The highest BCUT2D eigenvalue weighted by molar-refractivity contribution is 5.64. The fraction of sp³-hybridized carbons (Fsp3) is 0.688. The minimum absolute atomic E-state index is 0.471. The Kier molecular flexibility index (Phi) is 4.87. The Bertz CT molecular complexity index is 488. The van der Waals surface area contributed by atoms with Crippen LogP contribution in [0.4, 0.5) is 4.79 Å². The van der Waals surface area contributed by atoms with E-state index < -0.39 is 6.09 Å². The molecule has 120 valence electrons. The number of piperidine rings is 1. The number of likely N-dealkylation sites (tertiary alicyclic amines) is 2. The van der Waals surface area contributed by atoms with E-state index in [1.54, 1.807) is 4.90 Å². The van der Waals surface area contributed by atoms with Crippen LogP contribution >= 0.6 is 0 Å². The average molecular weight is 304 g/mol. The lowest BCUT2D eigenvalue weighted by molar-refractivity contribution is 0.130. The molecule has 22 heavy (non-hydrogen) atoms. The number of rotatable bonds is 2. The van der Waals surface area contributed by atoms with Gasteiger partial charge in [-0.05, 0) is 51.3 Å². The summed E-state index contributed by atoms with van der Waals surface area (Å²) in [5.41, 5.74) is 0. The van der Waals surface area contributed by atoms with Crippen molar-refractivity contribution in [1.82, 2.24) is 19.8 Å². The molecule has 1 atom stereocenters. The fourth-order valence-corrected chi connectivity index (χ4v) is 3.68. The van der Waals surface area contributed by atoms with Gasteiger partial charge in [0.25, 0.3) is 0 Å². The van der Waals surface area contributed by atoms with Gasteiger partial charge in [0, 0.05) is 37.4 Å². The molecule has 6 heteroatoms. The van der Waals surface area contributed by atoms with Crippen LogP contribution in [-0.2, 0) is 0 Å². The van der Waals surface area contributed by atoms with Crippen LogP contribution in [0, 0.1) is 0 Å². The Morgan fingerprint density at radius 2 is 1.77 bits per heavy atom. The normalized spacial score (nSPS) is 24.9. The van der Waals surface area contributed by atoms with Crippen molar-refractivity contribution in [3.63, 3.8) is 0 Å². The Labute approximate surface area is 131 Å². The topological polar surface area (TPSA) is 69.6 Å². The summed E-state index contributed by atoms with van der Waals surface area (Å²) in [7, 11) is 0. The lowest BCUT2D eigenvalue weighted by Crippen LogP contribution is -2.41. The van der Waals surface area contributed by atoms with Crippen LogP contribution in [0.1, 0.15) is 43.8 Å². The monoisotopic (exact) mass is 304 g/mol. The van der Waals surface area contributed by atoms with Gasteiger partial charge in [-0.25, -0.2) is 14.8 Å². The minimum atomic E-state index is -0.777. The van der Waals surface area contributed by atoms with Gasteiger partial charge in [0.2, 0.25) is 0 Å². The molecule has 0 aromatic carbocycles. The largest absolute Gasteiger partial charge is 0.465 e. The lowest BCUT2D eigenvalue weighted by atomic mass is 9.93. The molecule has 0 spiro atoms. The van der Waals surface area contributed by atoms with Gasteiger partial charge in [0.1, 0.15) is 5.82 Å². The van der Waals surface area contributed by atoms with Crippen LogP contribution in [0.5, 0.6) is 0 Å². The van der Waals surface area contributed by atoms with Crippen molar-refractivity contribution in [3.8, 4) is 0 Å². The Hall–Kier alpha value is -1.69. The van der Waals surface area contributed by atoms with Gasteiger partial charge in [-0.3, -0.25) is 0 Å². The number of nitrogens with zero attached hydrogens (tertiary/aromatic N) is 4. The van der Waals surface area contributed by atoms with E-state index in [4.69, 9.17) is 5.11 Å². The standard InChI is InChI=1S/C16H24N4O2/c21-16(22)20-9-1-3-14(6-12-20)19-10-4-13(5-11-19)15-17-7-2-8-18-15/h2,7-8,13-14H,1,3-6,9-12H2,(H,21,22). The van der Waals surface area contributed by atoms with Crippen molar-refractivity contribution < 1.29 is 9.90 Å². The van der Waals surface area contributed by atoms with E-state index in [-0.39, 0.29) is 0 Å². The smallest absolute Gasteiger partial charge is 0.407 e. The predicted octanol–water partition coefficient (Wildman–Crippen LogP) is 2.19. The van der Waals surface area contributed by atoms with Gasteiger partial charge >= 0.3 is 6.09 Å². The maximum absolute atomic E-state index is 11.1. The zero-order valence-electron chi connectivity index (χ0n) is 12.9. The molecule has 1 N–H and O–H groups in total. The first-order chi connectivity index (χ1) is 10.7. The molecule has 2 aliphatic heterocycles. The van der Waals surface area contributed by atoms with E-state index in [1.165, 1.54) is 0 Å². The van der Waals surface area contributed by atoms with E-state index in [9.17, 15) is 4.79 Å². The molecule has 3 rings (SSSR count). The predicted molar refractivity (Wildman–Crippen MR) is 82.8 cm³/mol. The van der Waals surface area contributed by atoms with Crippen LogP contribution < -0.4 is 0 Å². The molecule has 0 radical (unpaired) electrons. The summed E-state index contributed by atoms with van der Waals surface area (Å²) in [6.45, 7) is 3.49. The Balaban J connectivity index is 1.52. The second kappa shape index (κ2) is 7.05. The summed E-state index contributed by atoms with van der Waals surface area (Å²) in [4.78, 5) is 24.0. The van der Waals surface area contributed by atoms with Crippen LogP contribution in [0.25, 0.3) is 0 Å². The van der Waals surface area contributed by atoms with Crippen molar-refractivity contribution in [2.75, 3.05) is 26.2 Å². The number of aromatic nitrogens is 2. The van der Waals surface area contributed by atoms with Crippen molar-refractivity contribution >= 4 is 6.09 Å². The first kappa shape index (κ1) is 15.2. The molecular formula is C16H24N4O2. The Morgan fingerprint density at radius 1 is 1.05 bits per heavy atom. The molecule has 6 nitrogen and oxygen atoms in total. The number of amides is 1. The number of carboxylic acid groups (broad SMARTS) is 1. The maximum atomic E-state index is 11.1. The zero-order chi connectivity index (χ0) is 15.4. The lowest BCUT2D eigenvalue weighted by Gasteiger charge is -2.36. The zero-order valence-corrected chi connectivity index (χ0v) is 12.9. The second-order valence-corrected chi connectivity index (χ2v) is 6.27. The van der Waals surface area contributed by atoms with Gasteiger partial charge in [0.15, 0.2) is 0 Å². The van der Waals surface area contributed by atoms with Crippen LogP contribution in [-0.4, -0.2) is 63.2 Å². The summed E-state index contributed by atoms with van der Waals surface area (Å²) in [6, 6.07) is 2.39. The van der Waals surface area contributed by atoms with Gasteiger partial charge in [-0.1, -0.05) is 0 Å². The molecule has 1 aromatic rings. The highest BCUT2D eigenvalue weighted by Crippen LogP contribution is 2.28. The van der Waals surface area contributed by atoms with Crippen LogP contribution in [0.15, 0.2) is 18.5 Å². The number of hydrogen-bond acceptors (Lipinski definition) is 4. The summed E-state index contributed by atoms with van der Waals surface area (Å²) in [6.07, 6.45) is 8.10. The van der Waals surface area contributed by atoms with E-state index in [0.717, 1.165) is 51.0 Å². The van der Waals surface area contributed by atoms with Gasteiger partial charge < -0.3 is 14.9 Å². The van der Waals surface area contributed by atoms with Crippen molar-refractivity contribution in [3.05, 3.63) is 24.3 Å². The third-order valence-electron chi connectivity index (χ3n) is 4.96. The van der Waals surface area contributed by atoms with E-state index in [1.807, 2.05) is 18.5 Å². The van der Waals surface area contributed by atoms with Gasteiger partial charge in [-0.2, -0.15) is 0 Å². The Morgan fingerprint density at radius 3 is 2.45 bits per heavy atom. The molecule has 2 fully saturated rings. The third-order valence-corrected chi connectivity index (χ3v) is 4.96. The molecule has 1 amide bonds. The van der Waals surface area contributed by atoms with Crippen LogP contribution in [0.2, 0.25) is 0 Å². The quantitative estimate of drug-likeness (QED) is 0.907. The summed E-state index contributed by atoms with van der Waals surface area (Å²) in [5, 5.41) is 9.12. The molecule has 0 aliphatic carbocycles.